The highest BCUT2D eigenvalue weighted by Gasteiger charge is 2.52. The van der Waals surface area contributed by atoms with Gasteiger partial charge in [0.25, 0.3) is 0 Å². The van der Waals surface area contributed by atoms with Gasteiger partial charge in [0.1, 0.15) is 26.4 Å². The summed E-state index contributed by atoms with van der Waals surface area (Å²) in [6, 6.07) is 0. The molecule has 0 rings (SSSR count). The minimum Gasteiger partial charge on any atom is -0.153 e. The summed E-state index contributed by atoms with van der Waals surface area (Å²) in [6.45, 7) is 27.8. The first-order valence-electron chi connectivity index (χ1n) is 9.30. The lowest BCUT2D eigenvalue weighted by atomic mass is 9.99. The van der Waals surface area contributed by atoms with E-state index in [4.69, 9.17) is 18.1 Å². The molecule has 0 amide bonds. The van der Waals surface area contributed by atoms with E-state index in [1.54, 1.807) is 0 Å². The molecule has 0 aromatic carbocycles. The van der Waals surface area contributed by atoms with Gasteiger partial charge in [-0.1, -0.05) is 83.1 Å². The minimum absolute atomic E-state index is 0.00648. The van der Waals surface area contributed by atoms with E-state index in [0.29, 0.717) is 26.4 Å². The zero-order chi connectivity index (χ0) is 20.2. The van der Waals surface area contributed by atoms with Crippen molar-refractivity contribution in [1.82, 2.24) is 0 Å². The Balaban J connectivity index is 5.41. The van der Waals surface area contributed by atoms with Gasteiger partial charge >= 0.3 is 8.17 Å². The average Bonchev–Trinajstić information content (AvgIpc) is 2.33. The quantitative estimate of drug-likeness (QED) is 0.429. The van der Waals surface area contributed by atoms with Gasteiger partial charge in [0, 0.05) is 0 Å². The van der Waals surface area contributed by atoms with E-state index in [9.17, 15) is 0 Å². The lowest BCUT2D eigenvalue weighted by molar-refractivity contribution is -0.00377. The zero-order valence-electron chi connectivity index (χ0n) is 18.9. The van der Waals surface area contributed by atoms with Crippen LogP contribution in [0.2, 0.25) is 0 Å². The minimum atomic E-state index is -2.88. The lowest BCUT2D eigenvalue weighted by Crippen LogP contribution is -2.27. The SMILES string of the molecule is CC(C)(C)CO[P+](OCC(C)(C)C)(OCC(C)(C)C)OCC(C)(C)C. The Morgan fingerprint density at radius 3 is 0.680 bits per heavy atom. The van der Waals surface area contributed by atoms with E-state index in [-0.39, 0.29) is 21.7 Å². The summed E-state index contributed by atoms with van der Waals surface area (Å²) in [5.41, 5.74) is 0.0259. The van der Waals surface area contributed by atoms with E-state index in [1.165, 1.54) is 0 Å². The van der Waals surface area contributed by atoms with Gasteiger partial charge in [0.05, 0.1) is 0 Å². The van der Waals surface area contributed by atoms with E-state index in [0.717, 1.165) is 0 Å². The van der Waals surface area contributed by atoms with Crippen LogP contribution < -0.4 is 0 Å². The molecule has 0 radical (unpaired) electrons. The number of hydrogen-bond donors (Lipinski definition) is 0. The molecule has 0 saturated heterocycles. The van der Waals surface area contributed by atoms with Crippen LogP contribution in [0.1, 0.15) is 83.1 Å². The second kappa shape index (κ2) is 8.97. The summed E-state index contributed by atoms with van der Waals surface area (Å²) < 4.78 is 24.9. The predicted octanol–water partition coefficient (Wildman–Crippen LogP) is 6.91. The molecule has 152 valence electrons. The second-order valence-electron chi connectivity index (χ2n) is 11.8. The highest BCUT2D eigenvalue weighted by atomic mass is 31.2. The zero-order valence-corrected chi connectivity index (χ0v) is 19.8. The van der Waals surface area contributed by atoms with Crippen molar-refractivity contribution in [2.45, 2.75) is 83.1 Å². The molecule has 0 aliphatic carbocycles. The smallest absolute Gasteiger partial charge is 0.153 e. The predicted molar refractivity (Wildman–Crippen MR) is 109 cm³/mol. The molecule has 0 bridgehead atoms. The topological polar surface area (TPSA) is 36.9 Å². The fraction of sp³-hybridized carbons (Fsp3) is 1.00. The molecule has 0 saturated carbocycles. The average molecular weight is 380 g/mol. The molecule has 4 nitrogen and oxygen atoms in total. The molecule has 5 heteroatoms. The van der Waals surface area contributed by atoms with Crippen LogP contribution in [-0.4, -0.2) is 26.4 Å². The maximum Gasteiger partial charge on any atom is 0.575 e. The Kier molecular flexibility index (Phi) is 9.07. The van der Waals surface area contributed by atoms with Crippen molar-refractivity contribution in [3.63, 3.8) is 0 Å². The van der Waals surface area contributed by atoms with Crippen LogP contribution >= 0.6 is 8.17 Å². The standard InChI is InChI=1S/C20H44O4P/c1-17(2,3)13-21-25(22-14-18(4,5)6,23-15-19(7,8)9)24-16-20(10,11)12/h13-16H2,1-12H3/q+1. The van der Waals surface area contributed by atoms with E-state index >= 15 is 0 Å². The van der Waals surface area contributed by atoms with Crippen LogP contribution in [0.4, 0.5) is 0 Å². The molecular weight excluding hydrogens is 335 g/mol. The lowest BCUT2D eigenvalue weighted by Gasteiger charge is -2.29. The van der Waals surface area contributed by atoms with Crippen molar-refractivity contribution in [2.24, 2.45) is 21.7 Å². The molecule has 0 aliphatic heterocycles. The molecule has 0 heterocycles. The van der Waals surface area contributed by atoms with E-state index in [2.05, 4.69) is 83.1 Å². The first-order chi connectivity index (χ1) is 10.8. The van der Waals surface area contributed by atoms with Gasteiger partial charge in [0.2, 0.25) is 0 Å². The number of hydrogen-bond acceptors (Lipinski definition) is 4. The first kappa shape index (κ1) is 25.3. The van der Waals surface area contributed by atoms with Crippen LogP contribution in [0, 0.1) is 21.7 Å². The molecule has 0 unspecified atom stereocenters. The highest BCUT2D eigenvalue weighted by Crippen LogP contribution is 2.65. The monoisotopic (exact) mass is 379 g/mol. The normalized spacial score (nSPS) is 14.9. The van der Waals surface area contributed by atoms with Crippen molar-refractivity contribution in [3.8, 4) is 0 Å². The Morgan fingerprint density at radius 1 is 0.400 bits per heavy atom. The summed E-state index contributed by atoms with van der Waals surface area (Å²) in [6.07, 6.45) is 0. The van der Waals surface area contributed by atoms with E-state index in [1.807, 2.05) is 0 Å². The highest BCUT2D eigenvalue weighted by molar-refractivity contribution is 7.56. The van der Waals surface area contributed by atoms with Crippen molar-refractivity contribution in [1.29, 1.82) is 0 Å². The maximum absolute atomic E-state index is 6.22. The van der Waals surface area contributed by atoms with E-state index < -0.39 is 8.17 Å². The molecule has 0 spiro atoms. The van der Waals surface area contributed by atoms with Gasteiger partial charge in [-0.25, -0.2) is 0 Å². The van der Waals surface area contributed by atoms with Crippen molar-refractivity contribution in [3.05, 3.63) is 0 Å². The summed E-state index contributed by atoms with van der Waals surface area (Å²) in [5, 5.41) is 0. The van der Waals surface area contributed by atoms with Gasteiger partial charge in [0.15, 0.2) is 0 Å². The largest absolute Gasteiger partial charge is 0.575 e. The third-order valence-corrected chi connectivity index (χ3v) is 4.40. The molecule has 0 aromatic rings. The van der Waals surface area contributed by atoms with Crippen molar-refractivity contribution >= 4 is 8.17 Å². The summed E-state index contributed by atoms with van der Waals surface area (Å²) in [7, 11) is -2.88. The molecule has 0 aliphatic rings. The third-order valence-electron chi connectivity index (χ3n) is 2.62. The summed E-state index contributed by atoms with van der Waals surface area (Å²) in [4.78, 5) is 0. The fourth-order valence-electron chi connectivity index (χ4n) is 1.31. The van der Waals surface area contributed by atoms with Gasteiger partial charge in [-0.05, 0) is 21.7 Å². The van der Waals surface area contributed by atoms with Crippen molar-refractivity contribution < 1.29 is 18.1 Å². The molecule has 0 N–H and O–H groups in total. The molecule has 0 aromatic heterocycles. The number of rotatable bonds is 8. The van der Waals surface area contributed by atoms with Gasteiger partial charge in [-0.3, -0.25) is 0 Å². The Bertz CT molecular complexity index is 303. The maximum atomic E-state index is 6.22. The molecular formula is C20H44O4P+. The van der Waals surface area contributed by atoms with Gasteiger partial charge < -0.3 is 0 Å². The second-order valence-corrected chi connectivity index (χ2v) is 13.7. The Morgan fingerprint density at radius 2 is 0.560 bits per heavy atom. The Hall–Kier alpha value is 0.270. The molecule has 0 atom stereocenters. The Labute approximate surface area is 158 Å². The van der Waals surface area contributed by atoms with Crippen LogP contribution in [-0.2, 0) is 18.1 Å². The molecule has 0 fully saturated rings. The van der Waals surface area contributed by atoms with Crippen LogP contribution in [0.3, 0.4) is 0 Å². The fourth-order valence-corrected chi connectivity index (χ4v) is 3.94. The third kappa shape index (κ3) is 15.1. The summed E-state index contributed by atoms with van der Waals surface area (Å²) >= 11 is 0. The molecule has 25 heavy (non-hydrogen) atoms. The van der Waals surface area contributed by atoms with Crippen LogP contribution in [0.5, 0.6) is 0 Å². The first-order valence-corrected chi connectivity index (χ1v) is 10.8. The van der Waals surface area contributed by atoms with Crippen molar-refractivity contribution in [2.75, 3.05) is 26.4 Å². The van der Waals surface area contributed by atoms with Gasteiger partial charge in [-0.15, -0.1) is 0 Å². The van der Waals surface area contributed by atoms with Crippen LogP contribution in [0.25, 0.3) is 0 Å². The van der Waals surface area contributed by atoms with Gasteiger partial charge in [-0.2, -0.15) is 18.1 Å². The van der Waals surface area contributed by atoms with Crippen LogP contribution in [0.15, 0.2) is 0 Å². The summed E-state index contributed by atoms with van der Waals surface area (Å²) in [5.74, 6) is 0.